The van der Waals surface area contributed by atoms with Gasteiger partial charge in [0.1, 0.15) is 5.49 Å². The number of primary amides is 1. The van der Waals surface area contributed by atoms with Gasteiger partial charge in [0.25, 0.3) is 5.91 Å². The molecule has 4 nitrogen and oxygen atoms in total. The number of aromatic nitrogens is 1. The summed E-state index contributed by atoms with van der Waals surface area (Å²) in [5.41, 5.74) is 3.84. The van der Waals surface area contributed by atoms with Crippen LogP contribution < -0.4 is 11.2 Å². The molecule has 8 heteroatoms. The van der Waals surface area contributed by atoms with Crippen LogP contribution in [0.25, 0.3) is 0 Å². The quantitative estimate of drug-likeness (QED) is 0.893. The lowest BCUT2D eigenvalue weighted by molar-refractivity contribution is -0.138. The first kappa shape index (κ1) is 16.1. The molecule has 2 aromatic rings. The number of nitrogens with two attached hydrogens (primary N) is 1. The lowest BCUT2D eigenvalue weighted by Gasteiger charge is -2.15. The van der Waals surface area contributed by atoms with Crippen LogP contribution in [0.3, 0.4) is 0 Å². The molecule has 1 aromatic heterocycles. The van der Waals surface area contributed by atoms with Crippen molar-refractivity contribution >= 4 is 17.5 Å². The molecule has 1 heterocycles. The van der Waals surface area contributed by atoms with E-state index in [1.54, 1.807) is 0 Å². The number of alkyl halides is 3. The Balaban J connectivity index is 2.54. The zero-order valence-corrected chi connectivity index (χ0v) is 11.9. The molecule has 0 unspecified atom stereocenters. The SMILES string of the molecule is N=c1c(C(N)=O)cc(Cl)cn1Cc1ccccc1C(F)(F)F. The average molecular weight is 330 g/mol. The van der Waals surface area contributed by atoms with Crippen molar-refractivity contribution in [2.24, 2.45) is 5.73 Å². The van der Waals surface area contributed by atoms with Gasteiger partial charge in [0.15, 0.2) is 0 Å². The largest absolute Gasteiger partial charge is 0.416 e. The van der Waals surface area contributed by atoms with Gasteiger partial charge in [0, 0.05) is 12.7 Å². The molecule has 0 saturated carbocycles. The third-order valence-corrected chi connectivity index (χ3v) is 3.24. The second kappa shape index (κ2) is 5.84. The molecule has 1 amide bonds. The third kappa shape index (κ3) is 3.30. The Morgan fingerprint density at radius 3 is 2.55 bits per heavy atom. The molecule has 0 atom stereocenters. The minimum absolute atomic E-state index is 0.0359. The van der Waals surface area contributed by atoms with Gasteiger partial charge in [0.2, 0.25) is 0 Å². The summed E-state index contributed by atoms with van der Waals surface area (Å²) in [6.45, 7) is -0.255. The third-order valence-electron chi connectivity index (χ3n) is 3.03. The summed E-state index contributed by atoms with van der Waals surface area (Å²) in [5, 5.41) is 7.98. The van der Waals surface area contributed by atoms with Gasteiger partial charge in [-0.2, -0.15) is 13.2 Å². The zero-order chi connectivity index (χ0) is 16.5. The summed E-state index contributed by atoms with van der Waals surface area (Å²) < 4.78 is 40.1. The van der Waals surface area contributed by atoms with E-state index < -0.39 is 17.6 Å². The Kier molecular flexibility index (Phi) is 4.27. The van der Waals surface area contributed by atoms with Crippen molar-refractivity contribution < 1.29 is 18.0 Å². The molecule has 0 radical (unpaired) electrons. The number of benzene rings is 1. The standard InChI is InChI=1S/C14H11ClF3N3O/c15-9-5-10(13(20)22)12(19)21(7-9)6-8-3-1-2-4-11(8)14(16,17)18/h1-5,7,19H,6H2,(H2,20,22). The zero-order valence-electron chi connectivity index (χ0n) is 11.1. The van der Waals surface area contributed by atoms with Crippen molar-refractivity contribution in [3.8, 4) is 0 Å². The second-order valence-corrected chi connectivity index (χ2v) is 5.00. The average Bonchev–Trinajstić information content (AvgIpc) is 2.41. The van der Waals surface area contributed by atoms with E-state index in [1.807, 2.05) is 0 Å². The van der Waals surface area contributed by atoms with Crippen molar-refractivity contribution in [3.63, 3.8) is 0 Å². The summed E-state index contributed by atoms with van der Waals surface area (Å²) in [7, 11) is 0. The number of halogens is 4. The van der Waals surface area contributed by atoms with Crippen LogP contribution in [0.1, 0.15) is 21.5 Å². The molecular formula is C14H11ClF3N3O. The van der Waals surface area contributed by atoms with Crippen LogP contribution in [0.2, 0.25) is 5.02 Å². The monoisotopic (exact) mass is 329 g/mol. The maximum Gasteiger partial charge on any atom is 0.416 e. The number of nitrogens with zero attached hydrogens (tertiary/aromatic N) is 1. The van der Waals surface area contributed by atoms with E-state index in [0.29, 0.717) is 0 Å². The molecule has 0 aliphatic carbocycles. The van der Waals surface area contributed by atoms with E-state index >= 15 is 0 Å². The molecule has 2 rings (SSSR count). The minimum Gasteiger partial charge on any atom is -0.365 e. The maximum atomic E-state index is 13.0. The topological polar surface area (TPSA) is 71.9 Å². The van der Waals surface area contributed by atoms with E-state index in [0.717, 1.165) is 10.6 Å². The normalized spacial score (nSPS) is 11.5. The summed E-state index contributed by atoms with van der Waals surface area (Å²) in [5.74, 6) is -0.870. The number of carbonyl (C=O) groups is 1. The van der Waals surface area contributed by atoms with Gasteiger partial charge in [-0.05, 0) is 17.7 Å². The molecule has 0 saturated heterocycles. The van der Waals surface area contributed by atoms with Crippen LogP contribution in [0.5, 0.6) is 0 Å². The van der Waals surface area contributed by atoms with Gasteiger partial charge in [-0.15, -0.1) is 0 Å². The van der Waals surface area contributed by atoms with Crippen molar-refractivity contribution in [1.82, 2.24) is 4.57 Å². The summed E-state index contributed by atoms with van der Waals surface area (Å²) in [6.07, 6.45) is -3.23. The van der Waals surface area contributed by atoms with Crippen molar-refractivity contribution in [3.05, 3.63) is 63.7 Å². The number of carbonyl (C=O) groups excluding carboxylic acids is 1. The molecule has 0 fully saturated rings. The lowest BCUT2D eigenvalue weighted by atomic mass is 10.1. The number of rotatable bonds is 3. The minimum atomic E-state index is -4.51. The Hall–Kier alpha value is -2.28. The second-order valence-electron chi connectivity index (χ2n) is 4.57. The highest BCUT2D eigenvalue weighted by Gasteiger charge is 2.32. The van der Waals surface area contributed by atoms with Crippen molar-refractivity contribution in [2.45, 2.75) is 12.7 Å². The van der Waals surface area contributed by atoms with E-state index in [9.17, 15) is 18.0 Å². The van der Waals surface area contributed by atoms with Crippen LogP contribution in [0, 0.1) is 5.41 Å². The molecule has 3 N–H and O–H groups in total. The molecule has 22 heavy (non-hydrogen) atoms. The Morgan fingerprint density at radius 1 is 1.32 bits per heavy atom. The summed E-state index contributed by atoms with van der Waals surface area (Å²) >= 11 is 5.83. The number of nitrogens with one attached hydrogen (secondary N) is 1. The predicted molar refractivity (Wildman–Crippen MR) is 74.4 cm³/mol. The van der Waals surface area contributed by atoms with Crippen molar-refractivity contribution in [1.29, 1.82) is 5.41 Å². The molecular weight excluding hydrogens is 319 g/mol. The smallest absolute Gasteiger partial charge is 0.365 e. The lowest BCUT2D eigenvalue weighted by Crippen LogP contribution is -2.30. The molecule has 116 valence electrons. The van der Waals surface area contributed by atoms with Gasteiger partial charge in [-0.25, -0.2) is 0 Å². The molecule has 0 spiro atoms. The fourth-order valence-corrected chi connectivity index (χ4v) is 2.27. The van der Waals surface area contributed by atoms with Gasteiger partial charge in [-0.1, -0.05) is 29.8 Å². The first-order chi connectivity index (χ1) is 10.2. The number of amides is 1. The highest BCUT2D eigenvalue weighted by atomic mass is 35.5. The van der Waals surface area contributed by atoms with Crippen LogP contribution in [0.4, 0.5) is 13.2 Å². The van der Waals surface area contributed by atoms with Crippen LogP contribution >= 0.6 is 11.6 Å². The van der Waals surface area contributed by atoms with Crippen molar-refractivity contribution in [2.75, 3.05) is 0 Å². The summed E-state index contributed by atoms with van der Waals surface area (Å²) in [4.78, 5) is 11.3. The first-order valence-corrected chi connectivity index (χ1v) is 6.47. The number of hydrogen-bond donors (Lipinski definition) is 2. The van der Waals surface area contributed by atoms with Gasteiger partial charge in [0.05, 0.1) is 16.1 Å². The van der Waals surface area contributed by atoms with Crippen LogP contribution in [0.15, 0.2) is 36.5 Å². The van der Waals surface area contributed by atoms with E-state index in [-0.39, 0.29) is 28.2 Å². The Morgan fingerprint density at radius 2 is 1.95 bits per heavy atom. The van der Waals surface area contributed by atoms with Crippen LogP contribution in [-0.4, -0.2) is 10.5 Å². The fourth-order valence-electron chi connectivity index (χ4n) is 2.04. The highest BCUT2D eigenvalue weighted by Crippen LogP contribution is 2.32. The molecule has 0 bridgehead atoms. The highest BCUT2D eigenvalue weighted by molar-refractivity contribution is 6.30. The number of hydrogen-bond acceptors (Lipinski definition) is 2. The summed E-state index contributed by atoms with van der Waals surface area (Å²) in [6, 6.07) is 6.22. The molecule has 0 aliphatic heterocycles. The Bertz CT molecular complexity index is 784. The van der Waals surface area contributed by atoms with E-state index in [1.165, 1.54) is 30.5 Å². The van der Waals surface area contributed by atoms with E-state index in [2.05, 4.69) is 0 Å². The van der Waals surface area contributed by atoms with E-state index in [4.69, 9.17) is 22.7 Å². The fraction of sp³-hybridized carbons (Fsp3) is 0.143. The predicted octanol–water partition coefficient (Wildman–Crippen LogP) is 2.79. The van der Waals surface area contributed by atoms with Gasteiger partial charge >= 0.3 is 6.18 Å². The maximum absolute atomic E-state index is 13.0. The number of pyridine rings is 1. The van der Waals surface area contributed by atoms with Gasteiger partial charge in [-0.3, -0.25) is 10.2 Å². The van der Waals surface area contributed by atoms with Crippen LogP contribution in [-0.2, 0) is 12.7 Å². The molecule has 1 aromatic carbocycles. The first-order valence-electron chi connectivity index (χ1n) is 6.09. The molecule has 0 aliphatic rings. The Labute approximate surface area is 128 Å². The van der Waals surface area contributed by atoms with Gasteiger partial charge < -0.3 is 10.3 Å².